The number of aromatic nitrogens is 2. The number of nitrogens with zero attached hydrogens (tertiary/aromatic N) is 2. The van der Waals surface area contributed by atoms with E-state index in [1.807, 2.05) is 35.7 Å². The molecule has 2 heterocycles. The van der Waals surface area contributed by atoms with Crippen molar-refractivity contribution in [3.05, 3.63) is 99.3 Å². The lowest BCUT2D eigenvalue weighted by atomic mass is 10.0. The van der Waals surface area contributed by atoms with E-state index in [0.29, 0.717) is 32.0 Å². The van der Waals surface area contributed by atoms with Crippen molar-refractivity contribution in [3.8, 4) is 22.5 Å². The number of anilines is 1. The summed E-state index contributed by atoms with van der Waals surface area (Å²) in [5.41, 5.74) is 5.77. The standard InChI is InChI=1S/C27H19Cl2N3OS/c1-2-16-7-9-17(10-8-16)25-15-34-27(31-25)32-26(33)20-14-24(18-11-12-21(28)22(29)13-18)30-23-6-4-3-5-19(20)23/h3-15H,2H2,1H3,(H,31,32,33). The van der Waals surface area contributed by atoms with Gasteiger partial charge in [0.05, 0.1) is 32.5 Å². The number of hydrogen-bond donors (Lipinski definition) is 1. The Balaban J connectivity index is 1.48. The van der Waals surface area contributed by atoms with E-state index in [1.165, 1.54) is 16.9 Å². The third-order valence-electron chi connectivity index (χ3n) is 5.56. The smallest absolute Gasteiger partial charge is 0.258 e. The topological polar surface area (TPSA) is 54.9 Å². The van der Waals surface area contributed by atoms with Crippen LogP contribution in [-0.4, -0.2) is 15.9 Å². The average Bonchev–Trinajstić information content (AvgIpc) is 3.33. The Hall–Kier alpha value is -3.25. The molecule has 4 nitrogen and oxygen atoms in total. The number of hydrogen-bond acceptors (Lipinski definition) is 4. The highest BCUT2D eigenvalue weighted by Gasteiger charge is 2.16. The van der Waals surface area contributed by atoms with Crippen LogP contribution in [0.3, 0.4) is 0 Å². The molecule has 0 aliphatic heterocycles. The third kappa shape index (κ3) is 4.55. The Bertz CT molecular complexity index is 1510. The maximum absolute atomic E-state index is 13.3. The van der Waals surface area contributed by atoms with Gasteiger partial charge >= 0.3 is 0 Å². The molecular weight excluding hydrogens is 485 g/mol. The molecule has 0 bridgehead atoms. The van der Waals surface area contributed by atoms with Crippen LogP contribution in [0.1, 0.15) is 22.8 Å². The minimum absolute atomic E-state index is 0.248. The van der Waals surface area contributed by atoms with Crippen LogP contribution in [0.4, 0.5) is 5.13 Å². The molecule has 7 heteroatoms. The lowest BCUT2D eigenvalue weighted by molar-refractivity contribution is 0.102. The van der Waals surface area contributed by atoms with Crippen LogP contribution in [0.25, 0.3) is 33.4 Å². The van der Waals surface area contributed by atoms with E-state index in [4.69, 9.17) is 28.2 Å². The van der Waals surface area contributed by atoms with Crippen LogP contribution >= 0.6 is 34.5 Å². The zero-order valence-electron chi connectivity index (χ0n) is 18.2. The zero-order valence-corrected chi connectivity index (χ0v) is 20.5. The second-order valence-electron chi connectivity index (χ2n) is 7.74. The Morgan fingerprint density at radius 2 is 1.65 bits per heavy atom. The van der Waals surface area contributed by atoms with Crippen LogP contribution in [-0.2, 0) is 6.42 Å². The van der Waals surface area contributed by atoms with Gasteiger partial charge in [-0.05, 0) is 36.2 Å². The summed E-state index contributed by atoms with van der Waals surface area (Å²) in [5, 5.41) is 7.10. The number of rotatable bonds is 5. The van der Waals surface area contributed by atoms with Crippen LogP contribution in [0.2, 0.25) is 10.0 Å². The largest absolute Gasteiger partial charge is 0.298 e. The summed E-state index contributed by atoms with van der Waals surface area (Å²) in [6, 6.07) is 22.9. The van der Waals surface area contributed by atoms with Gasteiger partial charge in [-0.15, -0.1) is 11.3 Å². The van der Waals surface area contributed by atoms with Gasteiger partial charge in [-0.25, -0.2) is 9.97 Å². The van der Waals surface area contributed by atoms with Gasteiger partial charge in [0.15, 0.2) is 5.13 Å². The first-order chi connectivity index (χ1) is 16.5. The minimum Gasteiger partial charge on any atom is -0.298 e. The number of halogens is 2. The number of thiazole rings is 1. The van der Waals surface area contributed by atoms with Gasteiger partial charge in [-0.3, -0.25) is 10.1 Å². The number of fused-ring (bicyclic) bond motifs is 1. The van der Waals surface area contributed by atoms with E-state index >= 15 is 0 Å². The van der Waals surface area contributed by atoms with Crippen molar-refractivity contribution in [2.75, 3.05) is 5.32 Å². The highest BCUT2D eigenvalue weighted by Crippen LogP contribution is 2.31. The van der Waals surface area contributed by atoms with E-state index in [1.54, 1.807) is 18.2 Å². The van der Waals surface area contributed by atoms with E-state index in [0.717, 1.165) is 28.6 Å². The quantitative estimate of drug-likeness (QED) is 0.263. The molecule has 168 valence electrons. The van der Waals surface area contributed by atoms with Gasteiger partial charge in [-0.2, -0.15) is 0 Å². The van der Waals surface area contributed by atoms with Crippen molar-refractivity contribution in [3.63, 3.8) is 0 Å². The second kappa shape index (κ2) is 9.55. The molecule has 0 saturated carbocycles. The molecule has 0 atom stereocenters. The second-order valence-corrected chi connectivity index (χ2v) is 9.42. The minimum atomic E-state index is -0.248. The van der Waals surface area contributed by atoms with E-state index in [-0.39, 0.29) is 5.91 Å². The fourth-order valence-corrected chi connectivity index (χ4v) is 4.72. The molecule has 1 amide bonds. The maximum Gasteiger partial charge on any atom is 0.258 e. The Morgan fingerprint density at radius 3 is 2.41 bits per heavy atom. The van der Waals surface area contributed by atoms with Crippen molar-refractivity contribution in [1.29, 1.82) is 0 Å². The predicted octanol–water partition coefficient (Wildman–Crippen LogP) is 8.15. The van der Waals surface area contributed by atoms with Crippen LogP contribution in [0.5, 0.6) is 0 Å². The van der Waals surface area contributed by atoms with Crippen LogP contribution < -0.4 is 5.32 Å². The number of para-hydroxylation sites is 1. The van der Waals surface area contributed by atoms with Gasteiger partial charge in [-0.1, -0.05) is 78.7 Å². The molecule has 2 aromatic heterocycles. The van der Waals surface area contributed by atoms with Crippen molar-refractivity contribution >= 4 is 56.5 Å². The molecule has 5 rings (SSSR count). The van der Waals surface area contributed by atoms with Crippen molar-refractivity contribution < 1.29 is 4.79 Å². The van der Waals surface area contributed by atoms with Gasteiger partial charge in [0.2, 0.25) is 0 Å². The fourth-order valence-electron chi connectivity index (χ4n) is 3.71. The molecule has 0 aliphatic carbocycles. The summed E-state index contributed by atoms with van der Waals surface area (Å²) in [7, 11) is 0. The third-order valence-corrected chi connectivity index (χ3v) is 7.06. The number of aryl methyl sites for hydroxylation is 1. The average molecular weight is 504 g/mol. The van der Waals surface area contributed by atoms with Gasteiger partial charge in [0, 0.05) is 21.9 Å². The predicted molar refractivity (Wildman–Crippen MR) is 142 cm³/mol. The van der Waals surface area contributed by atoms with E-state index in [2.05, 4.69) is 41.5 Å². The molecule has 0 radical (unpaired) electrons. The van der Waals surface area contributed by atoms with Crippen molar-refractivity contribution in [1.82, 2.24) is 9.97 Å². The summed E-state index contributed by atoms with van der Waals surface area (Å²) in [4.78, 5) is 22.7. The van der Waals surface area contributed by atoms with Crippen molar-refractivity contribution in [2.45, 2.75) is 13.3 Å². The highest BCUT2D eigenvalue weighted by atomic mass is 35.5. The lowest BCUT2D eigenvalue weighted by Gasteiger charge is -2.10. The molecule has 0 fully saturated rings. The molecule has 0 aliphatic rings. The molecule has 0 saturated heterocycles. The fraction of sp³-hybridized carbons (Fsp3) is 0.0741. The molecular formula is C27H19Cl2N3OS. The first-order valence-corrected chi connectivity index (χ1v) is 12.4. The van der Waals surface area contributed by atoms with Gasteiger partial charge < -0.3 is 0 Å². The highest BCUT2D eigenvalue weighted by molar-refractivity contribution is 7.14. The monoisotopic (exact) mass is 503 g/mol. The Kier molecular flexibility index (Phi) is 6.33. The summed E-state index contributed by atoms with van der Waals surface area (Å²) < 4.78 is 0. The molecule has 3 aromatic carbocycles. The number of carbonyl (C=O) groups is 1. The zero-order chi connectivity index (χ0) is 23.7. The number of carbonyl (C=O) groups excluding carboxylic acids is 1. The number of nitrogens with one attached hydrogen (secondary N) is 1. The van der Waals surface area contributed by atoms with Gasteiger partial charge in [0.1, 0.15) is 0 Å². The number of pyridine rings is 1. The number of benzene rings is 3. The summed E-state index contributed by atoms with van der Waals surface area (Å²) in [6.07, 6.45) is 0.989. The summed E-state index contributed by atoms with van der Waals surface area (Å²) in [5.74, 6) is -0.248. The van der Waals surface area contributed by atoms with Crippen LogP contribution in [0.15, 0.2) is 78.2 Å². The first kappa shape index (κ1) is 22.5. The number of amides is 1. The maximum atomic E-state index is 13.3. The summed E-state index contributed by atoms with van der Waals surface area (Å²) >= 11 is 13.7. The Labute approximate surface area is 211 Å². The normalized spacial score (nSPS) is 11.0. The Morgan fingerprint density at radius 1 is 0.882 bits per heavy atom. The molecule has 0 unspecified atom stereocenters. The molecule has 1 N–H and O–H groups in total. The van der Waals surface area contributed by atoms with E-state index in [9.17, 15) is 4.79 Å². The lowest BCUT2D eigenvalue weighted by Crippen LogP contribution is -2.13. The SMILES string of the molecule is CCc1ccc(-c2csc(NC(=O)c3cc(-c4ccc(Cl)c(Cl)c4)nc4ccccc34)n2)cc1. The molecule has 0 spiro atoms. The van der Waals surface area contributed by atoms with Crippen molar-refractivity contribution in [2.24, 2.45) is 0 Å². The van der Waals surface area contributed by atoms with Gasteiger partial charge in [0.25, 0.3) is 5.91 Å². The molecule has 5 aromatic rings. The first-order valence-electron chi connectivity index (χ1n) is 10.7. The van der Waals surface area contributed by atoms with E-state index < -0.39 is 0 Å². The summed E-state index contributed by atoms with van der Waals surface area (Å²) in [6.45, 7) is 2.13. The van der Waals surface area contributed by atoms with Crippen LogP contribution in [0, 0.1) is 0 Å². The molecule has 34 heavy (non-hydrogen) atoms.